The van der Waals surface area contributed by atoms with Gasteiger partial charge >= 0.3 is 0 Å². The van der Waals surface area contributed by atoms with E-state index < -0.39 is 6.04 Å². The van der Waals surface area contributed by atoms with Crippen molar-refractivity contribution in [3.63, 3.8) is 0 Å². The van der Waals surface area contributed by atoms with Crippen LogP contribution in [0, 0.1) is 23.7 Å². The molecule has 0 spiro atoms. The smallest absolute Gasteiger partial charge is 0.264 e. The van der Waals surface area contributed by atoms with E-state index in [0.29, 0.717) is 28.1 Å². The van der Waals surface area contributed by atoms with E-state index in [0.717, 1.165) is 5.39 Å². The Kier molecular flexibility index (Phi) is 5.09. The van der Waals surface area contributed by atoms with Crippen LogP contribution in [0.3, 0.4) is 0 Å². The van der Waals surface area contributed by atoms with Gasteiger partial charge in [0.05, 0.1) is 17.6 Å². The lowest BCUT2D eigenvalue weighted by Gasteiger charge is -2.22. The molecule has 2 heterocycles. The second-order valence-corrected chi connectivity index (χ2v) is 6.93. The number of anilines is 2. The van der Waals surface area contributed by atoms with Crippen molar-refractivity contribution in [1.82, 2.24) is 14.5 Å². The van der Waals surface area contributed by atoms with Gasteiger partial charge in [-0.25, -0.2) is 4.98 Å². The number of rotatable bonds is 4. The van der Waals surface area contributed by atoms with Crippen LogP contribution in [0.25, 0.3) is 16.5 Å². The molecule has 31 heavy (non-hydrogen) atoms. The Hall–Kier alpha value is -4.62. The van der Waals surface area contributed by atoms with Crippen LogP contribution in [0.2, 0.25) is 0 Å². The molecule has 0 saturated carbocycles. The normalized spacial score (nSPS) is 11.5. The number of nitrogen functional groups attached to an aromatic ring is 1. The predicted octanol–water partition coefficient (Wildman–Crippen LogP) is 3.39. The van der Waals surface area contributed by atoms with Crippen molar-refractivity contribution in [1.29, 1.82) is 5.26 Å². The van der Waals surface area contributed by atoms with E-state index in [9.17, 15) is 10.1 Å². The van der Waals surface area contributed by atoms with Crippen LogP contribution in [0.5, 0.6) is 0 Å². The van der Waals surface area contributed by atoms with Gasteiger partial charge in [-0.05, 0) is 36.6 Å². The van der Waals surface area contributed by atoms with Crippen molar-refractivity contribution in [3.05, 3.63) is 88.0 Å². The van der Waals surface area contributed by atoms with Crippen molar-refractivity contribution in [2.45, 2.75) is 13.0 Å². The summed E-state index contributed by atoms with van der Waals surface area (Å²) < 4.78 is 1.62. The van der Waals surface area contributed by atoms with Gasteiger partial charge in [-0.2, -0.15) is 10.2 Å². The average molecular weight is 406 g/mol. The van der Waals surface area contributed by atoms with Gasteiger partial charge in [-0.15, -0.1) is 6.42 Å². The number of hydrogen-bond donors (Lipinski definition) is 2. The number of nitrogens with zero attached hydrogens (tertiary/aromatic N) is 4. The maximum Gasteiger partial charge on any atom is 0.264 e. The molecule has 0 aliphatic carbocycles. The minimum atomic E-state index is -0.395. The summed E-state index contributed by atoms with van der Waals surface area (Å²) in [6, 6.07) is 18.3. The fourth-order valence-electron chi connectivity index (χ4n) is 3.53. The Balaban J connectivity index is 1.96. The van der Waals surface area contributed by atoms with Crippen LogP contribution in [0.15, 0.2) is 65.6 Å². The summed E-state index contributed by atoms with van der Waals surface area (Å²) in [5.41, 5.74) is 7.66. The lowest BCUT2D eigenvalue weighted by molar-refractivity contribution is 0.772. The zero-order valence-corrected chi connectivity index (χ0v) is 16.7. The summed E-state index contributed by atoms with van der Waals surface area (Å²) in [6.45, 7) is 1.88. The predicted molar refractivity (Wildman–Crippen MR) is 121 cm³/mol. The van der Waals surface area contributed by atoms with Crippen LogP contribution < -0.4 is 16.6 Å². The minimum Gasteiger partial charge on any atom is -0.368 e. The first-order chi connectivity index (χ1) is 15.0. The molecule has 0 amide bonds. The van der Waals surface area contributed by atoms with Gasteiger partial charge < -0.3 is 11.1 Å². The molecule has 1 unspecified atom stereocenters. The number of nitriles is 1. The first-order valence-electron chi connectivity index (χ1n) is 9.53. The molecule has 150 valence electrons. The molecule has 0 aliphatic rings. The molecule has 0 fully saturated rings. The molecule has 0 aliphatic heterocycles. The Morgan fingerprint density at radius 2 is 1.94 bits per heavy atom. The molecule has 7 nitrogen and oxygen atoms in total. The molecule has 1 atom stereocenters. The number of hydrogen-bond acceptors (Lipinski definition) is 6. The van der Waals surface area contributed by atoms with Gasteiger partial charge in [-0.1, -0.05) is 36.3 Å². The van der Waals surface area contributed by atoms with E-state index in [1.807, 2.05) is 61.5 Å². The molecule has 4 aromatic rings. The summed E-state index contributed by atoms with van der Waals surface area (Å²) in [5.74, 6) is 2.95. The van der Waals surface area contributed by atoms with Gasteiger partial charge in [0.2, 0.25) is 5.95 Å². The third-order valence-corrected chi connectivity index (χ3v) is 4.97. The second kappa shape index (κ2) is 8.02. The molecule has 0 radical (unpaired) electrons. The van der Waals surface area contributed by atoms with Crippen molar-refractivity contribution in [2.75, 3.05) is 11.1 Å². The topological polar surface area (TPSA) is 110 Å². The first-order valence-corrected chi connectivity index (χ1v) is 9.53. The summed E-state index contributed by atoms with van der Waals surface area (Å²) in [6.07, 6.45) is 7.01. The van der Waals surface area contributed by atoms with Crippen molar-refractivity contribution in [2.24, 2.45) is 0 Å². The number of para-hydroxylation sites is 1. The van der Waals surface area contributed by atoms with E-state index in [1.165, 1.54) is 6.20 Å². The standard InChI is InChI=1S/C24H18N6O/c1-3-16-8-7-9-17-12-20(15(2)28-22-18(13-25)14-27-24(26)29-22)30(23(31)21(16)17)19-10-5-4-6-11-19/h1,4-12,14-15H,2H3,(H3,26,27,28,29). The molecule has 4 rings (SSSR count). The monoisotopic (exact) mass is 406 g/mol. The van der Waals surface area contributed by atoms with Crippen LogP contribution in [-0.4, -0.2) is 14.5 Å². The van der Waals surface area contributed by atoms with Gasteiger partial charge in [0, 0.05) is 16.9 Å². The third kappa shape index (κ3) is 3.57. The lowest BCUT2D eigenvalue weighted by atomic mass is 10.0. The Morgan fingerprint density at radius 3 is 2.65 bits per heavy atom. The number of aromatic nitrogens is 3. The first kappa shape index (κ1) is 19.7. The molecular weight excluding hydrogens is 388 g/mol. The number of terminal acetylenes is 1. The number of fused-ring (bicyclic) bond motifs is 1. The van der Waals surface area contributed by atoms with E-state index >= 15 is 0 Å². The summed E-state index contributed by atoms with van der Waals surface area (Å²) in [4.78, 5) is 21.6. The zero-order chi connectivity index (χ0) is 22.0. The van der Waals surface area contributed by atoms with E-state index in [4.69, 9.17) is 12.2 Å². The molecule has 0 bridgehead atoms. The van der Waals surface area contributed by atoms with Crippen molar-refractivity contribution >= 4 is 22.5 Å². The maximum atomic E-state index is 13.6. The highest BCUT2D eigenvalue weighted by molar-refractivity contribution is 5.88. The van der Waals surface area contributed by atoms with E-state index in [1.54, 1.807) is 10.6 Å². The van der Waals surface area contributed by atoms with E-state index in [-0.39, 0.29) is 17.1 Å². The highest BCUT2D eigenvalue weighted by Crippen LogP contribution is 2.26. The second-order valence-electron chi connectivity index (χ2n) is 6.93. The number of nitrogens with two attached hydrogens (primary N) is 1. The molecular formula is C24H18N6O. The Labute approximate surface area is 178 Å². The summed E-state index contributed by atoms with van der Waals surface area (Å²) >= 11 is 0. The fourth-order valence-corrected chi connectivity index (χ4v) is 3.53. The van der Waals surface area contributed by atoms with Crippen LogP contribution in [0.4, 0.5) is 11.8 Å². The van der Waals surface area contributed by atoms with Crippen molar-refractivity contribution < 1.29 is 0 Å². The molecule has 2 aromatic heterocycles. The number of pyridine rings is 1. The van der Waals surface area contributed by atoms with Gasteiger partial charge in [0.25, 0.3) is 5.56 Å². The quantitative estimate of drug-likeness (QED) is 0.503. The summed E-state index contributed by atoms with van der Waals surface area (Å²) in [7, 11) is 0. The Bertz CT molecular complexity index is 1430. The molecule has 7 heteroatoms. The van der Waals surface area contributed by atoms with E-state index in [2.05, 4.69) is 21.2 Å². The van der Waals surface area contributed by atoms with Gasteiger partial charge in [0.15, 0.2) is 0 Å². The minimum absolute atomic E-state index is 0.0475. The van der Waals surface area contributed by atoms with Gasteiger partial charge in [-0.3, -0.25) is 9.36 Å². The number of benzene rings is 2. The molecule has 2 aromatic carbocycles. The SMILES string of the molecule is C#Cc1cccc2cc(C(C)Nc3nc(N)ncc3C#N)n(-c3ccccc3)c(=O)c12. The Morgan fingerprint density at radius 1 is 1.16 bits per heavy atom. The van der Waals surface area contributed by atoms with Gasteiger partial charge in [0.1, 0.15) is 17.5 Å². The van der Waals surface area contributed by atoms with Crippen LogP contribution in [0.1, 0.15) is 29.8 Å². The third-order valence-electron chi connectivity index (χ3n) is 4.97. The van der Waals surface area contributed by atoms with Crippen molar-refractivity contribution in [3.8, 4) is 24.1 Å². The maximum absolute atomic E-state index is 13.6. The average Bonchev–Trinajstić information content (AvgIpc) is 2.79. The summed E-state index contributed by atoms with van der Waals surface area (Å²) in [5, 5.41) is 13.8. The molecule has 3 N–H and O–H groups in total. The lowest BCUT2D eigenvalue weighted by Crippen LogP contribution is -2.26. The van der Waals surface area contributed by atoms with Crippen LogP contribution in [-0.2, 0) is 0 Å². The largest absolute Gasteiger partial charge is 0.368 e. The fraction of sp³-hybridized carbons (Fsp3) is 0.0833. The highest BCUT2D eigenvalue weighted by Gasteiger charge is 2.19. The zero-order valence-electron chi connectivity index (χ0n) is 16.7. The van der Waals surface area contributed by atoms with Crippen LogP contribution >= 0.6 is 0 Å². The highest BCUT2D eigenvalue weighted by atomic mass is 16.1. The number of nitrogens with one attached hydrogen (secondary N) is 1. The molecule has 0 saturated heterocycles.